The number of piperidine rings is 2. The number of hydrogen-bond donors (Lipinski definition) is 3. The Morgan fingerprint density at radius 3 is 2.26 bits per heavy atom. The summed E-state index contributed by atoms with van der Waals surface area (Å²) in [6, 6.07) is 0.269. The van der Waals surface area contributed by atoms with E-state index in [1.807, 2.05) is 9.80 Å². The van der Waals surface area contributed by atoms with Crippen molar-refractivity contribution < 1.29 is 19.2 Å². The average molecular weight is 601 g/mol. The highest BCUT2D eigenvalue weighted by Gasteiger charge is 2.44. The van der Waals surface area contributed by atoms with Crippen LogP contribution in [0.2, 0.25) is 0 Å². The minimum atomic E-state index is -0.659. The highest BCUT2D eigenvalue weighted by atomic mass is 16.2. The van der Waals surface area contributed by atoms with Gasteiger partial charge in [0.15, 0.2) is 0 Å². The smallest absolute Gasteiger partial charge is 0.239 e. The maximum atomic E-state index is 13.9. The van der Waals surface area contributed by atoms with E-state index in [1.54, 1.807) is 0 Å². The lowest BCUT2D eigenvalue weighted by Gasteiger charge is -2.44. The van der Waals surface area contributed by atoms with Crippen LogP contribution in [0.15, 0.2) is 0 Å². The van der Waals surface area contributed by atoms with Crippen molar-refractivity contribution in [3.8, 4) is 0 Å². The lowest BCUT2D eigenvalue weighted by atomic mass is 9.82. The van der Waals surface area contributed by atoms with Gasteiger partial charge in [-0.1, -0.05) is 33.6 Å². The first kappa shape index (κ1) is 32.2. The minimum absolute atomic E-state index is 0.0171. The molecule has 5 saturated heterocycles. The number of likely N-dealkylation sites (tertiary alicyclic amines) is 1. The Labute approximate surface area is 258 Å². The SMILES string of the molecule is CC(C)(C)CC(=O)N1CCC2(CC1)CC(=O)NCCC[C@H](NC1CCCC1)C(=O)N1CCC(CC1)N1CCC[C@H]1C(=O)N2. The van der Waals surface area contributed by atoms with Gasteiger partial charge in [-0.25, -0.2) is 0 Å². The van der Waals surface area contributed by atoms with Crippen molar-refractivity contribution in [1.29, 1.82) is 0 Å². The Morgan fingerprint density at radius 1 is 0.884 bits per heavy atom. The third-order valence-corrected chi connectivity index (χ3v) is 10.6. The van der Waals surface area contributed by atoms with Gasteiger partial charge in [-0.2, -0.15) is 0 Å². The molecule has 2 atom stereocenters. The molecule has 1 aliphatic carbocycles. The molecule has 0 unspecified atom stereocenters. The van der Waals surface area contributed by atoms with Crippen molar-refractivity contribution in [2.45, 2.75) is 140 Å². The number of amides is 4. The fourth-order valence-electron chi connectivity index (χ4n) is 8.15. The fourth-order valence-corrected chi connectivity index (χ4v) is 8.15. The van der Waals surface area contributed by atoms with Crippen LogP contribution in [0.3, 0.4) is 0 Å². The van der Waals surface area contributed by atoms with E-state index in [9.17, 15) is 19.2 Å². The number of hydrogen-bond acceptors (Lipinski definition) is 6. The van der Waals surface area contributed by atoms with Gasteiger partial charge in [0.2, 0.25) is 23.6 Å². The van der Waals surface area contributed by atoms with Gasteiger partial charge >= 0.3 is 0 Å². The van der Waals surface area contributed by atoms with Crippen LogP contribution in [-0.4, -0.2) is 107 Å². The quantitative estimate of drug-likeness (QED) is 0.459. The van der Waals surface area contributed by atoms with Gasteiger partial charge in [0, 0.05) is 57.6 Å². The van der Waals surface area contributed by atoms with E-state index in [-0.39, 0.29) is 53.6 Å². The molecule has 4 amide bonds. The van der Waals surface area contributed by atoms with Crippen molar-refractivity contribution in [1.82, 2.24) is 30.7 Å². The van der Waals surface area contributed by atoms with E-state index in [2.05, 4.69) is 41.6 Å². The molecule has 43 heavy (non-hydrogen) atoms. The first-order valence-electron chi connectivity index (χ1n) is 17.2. The lowest BCUT2D eigenvalue weighted by Crippen LogP contribution is -2.61. The number of nitrogens with one attached hydrogen (secondary N) is 3. The molecule has 0 radical (unpaired) electrons. The van der Waals surface area contributed by atoms with Gasteiger partial charge in [0.05, 0.1) is 17.6 Å². The molecule has 6 fully saturated rings. The molecule has 2 bridgehead atoms. The highest BCUT2D eigenvalue weighted by Crippen LogP contribution is 2.32. The molecule has 1 spiro atoms. The molecule has 1 saturated carbocycles. The first-order chi connectivity index (χ1) is 20.5. The predicted molar refractivity (Wildman–Crippen MR) is 166 cm³/mol. The van der Waals surface area contributed by atoms with Crippen LogP contribution in [0.4, 0.5) is 0 Å². The molecule has 0 aromatic carbocycles. The van der Waals surface area contributed by atoms with Gasteiger partial charge in [-0.3, -0.25) is 24.1 Å². The van der Waals surface area contributed by atoms with Crippen molar-refractivity contribution in [2.24, 2.45) is 5.41 Å². The molecule has 0 aromatic rings. The molecular formula is C33H56N6O4. The molecule has 6 aliphatic rings. The maximum absolute atomic E-state index is 13.9. The van der Waals surface area contributed by atoms with Crippen LogP contribution in [0.5, 0.6) is 0 Å². The predicted octanol–water partition coefficient (Wildman–Crippen LogP) is 2.56. The van der Waals surface area contributed by atoms with Crippen LogP contribution < -0.4 is 16.0 Å². The monoisotopic (exact) mass is 600 g/mol. The summed E-state index contributed by atoms with van der Waals surface area (Å²) in [5.74, 6) is 0.288. The fraction of sp³-hybridized carbons (Fsp3) is 0.879. The van der Waals surface area contributed by atoms with Crippen LogP contribution in [0.1, 0.15) is 111 Å². The summed E-state index contributed by atoms with van der Waals surface area (Å²) in [6.45, 7) is 10.2. The Morgan fingerprint density at radius 2 is 1.58 bits per heavy atom. The third kappa shape index (κ3) is 8.29. The van der Waals surface area contributed by atoms with Crippen LogP contribution in [0, 0.1) is 5.41 Å². The van der Waals surface area contributed by atoms with E-state index in [0.717, 1.165) is 64.6 Å². The summed E-state index contributed by atoms with van der Waals surface area (Å²) in [7, 11) is 0. The Kier molecular flexibility index (Phi) is 10.4. The van der Waals surface area contributed by atoms with Crippen molar-refractivity contribution in [3.63, 3.8) is 0 Å². The number of carbonyl (C=O) groups is 4. The normalized spacial score (nSPS) is 29.0. The molecule has 0 aromatic heterocycles. The van der Waals surface area contributed by atoms with Crippen molar-refractivity contribution >= 4 is 23.6 Å². The molecule has 10 nitrogen and oxygen atoms in total. The zero-order valence-corrected chi connectivity index (χ0v) is 26.9. The van der Waals surface area contributed by atoms with Crippen molar-refractivity contribution in [3.05, 3.63) is 0 Å². The summed E-state index contributed by atoms with van der Waals surface area (Å²) in [4.78, 5) is 60.3. The van der Waals surface area contributed by atoms with Crippen molar-refractivity contribution in [2.75, 3.05) is 39.3 Å². The number of nitrogens with zero attached hydrogens (tertiary/aromatic N) is 3. The van der Waals surface area contributed by atoms with Gasteiger partial charge in [-0.15, -0.1) is 0 Å². The average Bonchev–Trinajstić information content (AvgIpc) is 3.66. The molecule has 6 rings (SSSR count). The van der Waals surface area contributed by atoms with Crippen LogP contribution in [-0.2, 0) is 19.2 Å². The van der Waals surface area contributed by atoms with E-state index >= 15 is 0 Å². The van der Waals surface area contributed by atoms with Gasteiger partial charge < -0.3 is 25.8 Å². The molecule has 242 valence electrons. The van der Waals surface area contributed by atoms with Crippen LogP contribution >= 0.6 is 0 Å². The Bertz CT molecular complexity index is 1010. The summed E-state index contributed by atoms with van der Waals surface area (Å²) >= 11 is 0. The second-order valence-electron chi connectivity index (χ2n) is 15.2. The highest BCUT2D eigenvalue weighted by molar-refractivity contribution is 5.85. The zero-order chi connectivity index (χ0) is 30.6. The molecule has 5 heterocycles. The van der Waals surface area contributed by atoms with Gasteiger partial charge in [0.1, 0.15) is 0 Å². The molecule has 5 aliphatic heterocycles. The van der Waals surface area contributed by atoms with E-state index in [0.29, 0.717) is 51.4 Å². The molecular weight excluding hydrogens is 544 g/mol. The number of carbonyl (C=O) groups excluding carboxylic acids is 4. The number of rotatable bonds is 3. The van der Waals surface area contributed by atoms with E-state index in [1.165, 1.54) is 12.8 Å². The standard InChI is InChI=1S/C33H56N6O4/c1-32(2,3)23-29(41)37-20-14-33(15-21-37)22-28(40)34-16-6-10-26(35-24-8-4-5-9-24)31(43)38-18-12-25(13-19-38)39-17-7-11-27(39)30(42)36-33/h24-27,35H,4-23H2,1-3H3,(H,34,40)(H,36,42)/t26-,27-/m0/s1. The van der Waals surface area contributed by atoms with Gasteiger partial charge in [-0.05, 0) is 76.2 Å². The minimum Gasteiger partial charge on any atom is -0.356 e. The van der Waals surface area contributed by atoms with E-state index in [4.69, 9.17) is 0 Å². The second-order valence-corrected chi connectivity index (χ2v) is 15.2. The summed E-state index contributed by atoms with van der Waals surface area (Å²) in [5, 5.41) is 10.2. The molecule has 10 heteroatoms. The van der Waals surface area contributed by atoms with E-state index < -0.39 is 5.54 Å². The topological polar surface area (TPSA) is 114 Å². The van der Waals surface area contributed by atoms with Crippen LogP contribution in [0.25, 0.3) is 0 Å². The zero-order valence-electron chi connectivity index (χ0n) is 26.9. The third-order valence-electron chi connectivity index (χ3n) is 10.6. The maximum Gasteiger partial charge on any atom is 0.239 e. The summed E-state index contributed by atoms with van der Waals surface area (Å²) in [6.07, 6.45) is 11.6. The largest absolute Gasteiger partial charge is 0.356 e. The van der Waals surface area contributed by atoms with Gasteiger partial charge in [0.25, 0.3) is 0 Å². The summed E-state index contributed by atoms with van der Waals surface area (Å²) in [5.41, 5.74) is -0.743. The Hall–Kier alpha value is -2.20. The first-order valence-corrected chi connectivity index (χ1v) is 17.2. The second kappa shape index (κ2) is 13.8. The number of fused-ring (bicyclic) bond motifs is 10. The molecule has 3 N–H and O–H groups in total. The Balaban J connectivity index is 1.31. The lowest BCUT2D eigenvalue weighted by molar-refractivity contribution is -0.138. The summed E-state index contributed by atoms with van der Waals surface area (Å²) < 4.78 is 0.